The summed E-state index contributed by atoms with van der Waals surface area (Å²) in [4.78, 5) is 25.7. The van der Waals surface area contributed by atoms with E-state index >= 15 is 0 Å². The van der Waals surface area contributed by atoms with Gasteiger partial charge in [-0.1, -0.05) is 85.1 Å². The van der Waals surface area contributed by atoms with Gasteiger partial charge < -0.3 is 0 Å². The van der Waals surface area contributed by atoms with Gasteiger partial charge in [-0.2, -0.15) is 0 Å². The Labute approximate surface area is 181 Å². The molecule has 0 bridgehead atoms. The van der Waals surface area contributed by atoms with Crippen LogP contribution in [0.2, 0.25) is 0 Å². The summed E-state index contributed by atoms with van der Waals surface area (Å²) < 4.78 is 0. The number of hydrazine groups is 2. The Morgan fingerprint density at radius 2 is 1.07 bits per heavy atom. The second kappa shape index (κ2) is 11.2. The van der Waals surface area contributed by atoms with Crippen molar-refractivity contribution < 1.29 is 9.59 Å². The fourth-order valence-corrected chi connectivity index (χ4v) is 3.17. The van der Waals surface area contributed by atoms with Crippen molar-refractivity contribution in [3.05, 3.63) is 71.8 Å². The number of amides is 2. The molecule has 0 aliphatic carbocycles. The molecule has 0 unspecified atom stereocenters. The van der Waals surface area contributed by atoms with Gasteiger partial charge in [0.15, 0.2) is 0 Å². The monoisotopic (exact) mass is 428 g/mol. The molecule has 2 aromatic carbocycles. The van der Waals surface area contributed by atoms with E-state index in [0.717, 1.165) is 11.1 Å². The third-order valence-corrected chi connectivity index (χ3v) is 4.92. The van der Waals surface area contributed by atoms with Crippen LogP contribution in [0.4, 0.5) is 0 Å². The summed E-state index contributed by atoms with van der Waals surface area (Å²) >= 11 is 10.9. The quantitative estimate of drug-likeness (QED) is 0.419. The summed E-state index contributed by atoms with van der Waals surface area (Å²) in [6.07, 6.45) is -0.345. The highest BCUT2D eigenvalue weighted by Crippen LogP contribution is 2.06. The van der Waals surface area contributed by atoms with Crippen molar-refractivity contribution in [1.29, 1.82) is 0 Å². The largest absolute Gasteiger partial charge is 0.274 e. The van der Waals surface area contributed by atoms with Gasteiger partial charge in [0.05, 0.1) is 0 Å². The van der Waals surface area contributed by atoms with Gasteiger partial charge >= 0.3 is 0 Å². The van der Waals surface area contributed by atoms with Crippen molar-refractivity contribution in [2.24, 2.45) is 0 Å². The van der Waals surface area contributed by atoms with E-state index < -0.39 is 11.8 Å². The van der Waals surface area contributed by atoms with Gasteiger partial charge in [0.2, 0.25) is 11.8 Å². The van der Waals surface area contributed by atoms with Crippen LogP contribution < -0.4 is 10.9 Å². The van der Waals surface area contributed by atoms with Crippen LogP contribution in [0.25, 0.3) is 0 Å². The summed E-state index contributed by atoms with van der Waals surface area (Å²) in [5.41, 5.74) is 7.02. The number of hydrogen-bond acceptors (Lipinski definition) is 4. The van der Waals surface area contributed by atoms with E-state index in [1.54, 1.807) is 10.0 Å². The predicted molar refractivity (Wildman–Crippen MR) is 122 cm³/mol. The Balaban J connectivity index is 1.92. The van der Waals surface area contributed by atoms with Gasteiger partial charge in [-0.3, -0.25) is 30.5 Å². The minimum atomic E-state index is -0.454. The fourth-order valence-electron chi connectivity index (χ4n) is 2.55. The molecule has 0 radical (unpaired) electrons. The third-order valence-electron chi connectivity index (χ3n) is 4.00. The molecule has 0 heterocycles. The van der Waals surface area contributed by atoms with Crippen molar-refractivity contribution >= 4 is 46.2 Å². The molecule has 2 amide bonds. The van der Waals surface area contributed by atoms with Crippen LogP contribution in [-0.2, 0) is 9.59 Å². The smallest absolute Gasteiger partial charge is 0.248 e. The lowest BCUT2D eigenvalue weighted by Crippen LogP contribution is -2.49. The van der Waals surface area contributed by atoms with Gasteiger partial charge in [-0.25, -0.2) is 0 Å². The van der Waals surface area contributed by atoms with E-state index in [-0.39, 0.29) is 6.42 Å². The Morgan fingerprint density at radius 3 is 1.38 bits per heavy atom. The Hall–Kier alpha value is -2.84. The molecule has 2 aromatic rings. The van der Waals surface area contributed by atoms with E-state index in [9.17, 15) is 9.59 Å². The highest BCUT2D eigenvalue weighted by Gasteiger charge is 2.18. The van der Waals surface area contributed by atoms with Crippen LogP contribution >= 0.6 is 24.4 Å². The molecule has 0 aliphatic rings. The zero-order valence-corrected chi connectivity index (χ0v) is 18.1. The lowest BCUT2D eigenvalue weighted by atomic mass is 10.2. The predicted octanol–water partition coefficient (Wildman–Crippen LogP) is 2.83. The summed E-state index contributed by atoms with van der Waals surface area (Å²) in [6.45, 7) is 4.68. The minimum absolute atomic E-state index is 0.345. The third kappa shape index (κ3) is 6.62. The molecule has 0 saturated heterocycles. The molecule has 152 valence electrons. The maximum Gasteiger partial charge on any atom is 0.248 e. The molecular weight excluding hydrogens is 404 g/mol. The van der Waals surface area contributed by atoms with Crippen LogP contribution in [-0.4, -0.2) is 44.9 Å². The first-order valence-electron chi connectivity index (χ1n) is 9.29. The zero-order chi connectivity index (χ0) is 21.2. The van der Waals surface area contributed by atoms with E-state index in [1.165, 1.54) is 0 Å². The fraction of sp³-hybridized carbons (Fsp3) is 0.238. The standard InChI is InChI=1S/C21H24N4O2S2/c1-3-24(20(28)16-11-7-5-8-12-16)22-18(26)15-19(27)23-25(4-2)21(29)17-13-9-6-10-14-17/h5-14H,3-4,15H2,1-2H3,(H,22,26)(H,23,27). The van der Waals surface area contributed by atoms with E-state index in [0.29, 0.717) is 23.1 Å². The minimum Gasteiger partial charge on any atom is -0.274 e. The number of nitrogens with zero attached hydrogens (tertiary/aromatic N) is 2. The van der Waals surface area contributed by atoms with E-state index in [2.05, 4.69) is 10.9 Å². The summed E-state index contributed by atoms with van der Waals surface area (Å²) in [5.74, 6) is -0.909. The molecule has 0 atom stereocenters. The second-order valence-corrected chi connectivity index (χ2v) is 6.85. The summed E-state index contributed by atoms with van der Waals surface area (Å²) in [6, 6.07) is 18.8. The highest BCUT2D eigenvalue weighted by molar-refractivity contribution is 7.80. The van der Waals surface area contributed by atoms with Gasteiger partial charge in [0.1, 0.15) is 16.4 Å². The van der Waals surface area contributed by atoms with Crippen LogP contribution in [0.5, 0.6) is 0 Å². The number of carbonyl (C=O) groups is 2. The van der Waals surface area contributed by atoms with Gasteiger partial charge in [-0.15, -0.1) is 0 Å². The Bertz CT molecular complexity index is 788. The van der Waals surface area contributed by atoms with Gasteiger partial charge in [0.25, 0.3) is 0 Å². The Morgan fingerprint density at radius 1 is 0.724 bits per heavy atom. The van der Waals surface area contributed by atoms with E-state index in [1.807, 2.05) is 74.5 Å². The van der Waals surface area contributed by atoms with Crippen LogP contribution in [0, 0.1) is 0 Å². The maximum atomic E-state index is 12.3. The molecule has 8 heteroatoms. The van der Waals surface area contributed by atoms with Crippen molar-refractivity contribution in [2.45, 2.75) is 20.3 Å². The molecule has 0 aliphatic heterocycles. The molecule has 0 fully saturated rings. The lowest BCUT2D eigenvalue weighted by Gasteiger charge is -2.26. The Kier molecular flexibility index (Phi) is 8.69. The molecular formula is C21H24N4O2S2. The highest BCUT2D eigenvalue weighted by atomic mass is 32.1. The molecule has 6 nitrogen and oxygen atoms in total. The van der Waals surface area contributed by atoms with E-state index in [4.69, 9.17) is 24.4 Å². The molecule has 0 aromatic heterocycles. The molecule has 0 spiro atoms. The van der Waals surface area contributed by atoms with Crippen molar-refractivity contribution in [3.63, 3.8) is 0 Å². The van der Waals surface area contributed by atoms with Crippen LogP contribution in [0.1, 0.15) is 31.4 Å². The number of rotatable bonds is 6. The van der Waals surface area contributed by atoms with Crippen molar-refractivity contribution in [2.75, 3.05) is 13.1 Å². The van der Waals surface area contributed by atoms with Crippen LogP contribution in [0.15, 0.2) is 60.7 Å². The molecule has 0 saturated carbocycles. The number of nitrogens with one attached hydrogen (secondary N) is 2. The first kappa shape index (κ1) is 22.4. The number of carbonyl (C=O) groups excluding carboxylic acids is 2. The average molecular weight is 429 g/mol. The van der Waals surface area contributed by atoms with Crippen LogP contribution in [0.3, 0.4) is 0 Å². The lowest BCUT2D eigenvalue weighted by molar-refractivity contribution is -0.132. The normalized spacial score (nSPS) is 10.0. The molecule has 2 rings (SSSR count). The number of thiocarbonyl (C=S) groups is 2. The molecule has 29 heavy (non-hydrogen) atoms. The van der Waals surface area contributed by atoms with Crippen molar-refractivity contribution in [1.82, 2.24) is 20.9 Å². The number of benzene rings is 2. The van der Waals surface area contributed by atoms with Gasteiger partial charge in [-0.05, 0) is 13.8 Å². The topological polar surface area (TPSA) is 64.7 Å². The average Bonchev–Trinajstić information content (AvgIpc) is 2.76. The number of hydrogen-bond donors (Lipinski definition) is 2. The molecule has 2 N–H and O–H groups in total. The second-order valence-electron chi connectivity index (χ2n) is 6.08. The summed E-state index contributed by atoms with van der Waals surface area (Å²) in [7, 11) is 0. The van der Waals surface area contributed by atoms with Crippen molar-refractivity contribution in [3.8, 4) is 0 Å². The van der Waals surface area contributed by atoms with Gasteiger partial charge in [0, 0.05) is 24.2 Å². The maximum absolute atomic E-state index is 12.3. The summed E-state index contributed by atoms with van der Waals surface area (Å²) in [5, 5.41) is 3.10. The first-order chi connectivity index (χ1) is 14.0. The first-order valence-corrected chi connectivity index (χ1v) is 10.1. The SMILES string of the molecule is CCN(NC(=O)CC(=O)NN(CC)C(=S)c1ccccc1)C(=S)c1ccccc1. The zero-order valence-electron chi connectivity index (χ0n) is 16.4.